The lowest BCUT2D eigenvalue weighted by Gasteiger charge is -2.19. The van der Waals surface area contributed by atoms with Crippen molar-refractivity contribution in [3.05, 3.63) is 35.4 Å². The fourth-order valence-corrected chi connectivity index (χ4v) is 2.18. The van der Waals surface area contributed by atoms with Crippen molar-refractivity contribution in [2.45, 2.75) is 25.7 Å². The third-order valence-corrected chi connectivity index (χ3v) is 3.23. The van der Waals surface area contributed by atoms with E-state index >= 15 is 0 Å². The van der Waals surface area contributed by atoms with Crippen LogP contribution < -0.4 is 0 Å². The Bertz CT molecular complexity index is 502. The fraction of sp³-hybridized carbons (Fsp3) is 0.429. The van der Waals surface area contributed by atoms with E-state index in [1.54, 1.807) is 0 Å². The van der Waals surface area contributed by atoms with Gasteiger partial charge in [0.15, 0.2) is 5.78 Å². The molecule has 3 nitrogen and oxygen atoms in total. The van der Waals surface area contributed by atoms with Crippen LogP contribution in [0.3, 0.4) is 0 Å². The van der Waals surface area contributed by atoms with Gasteiger partial charge in [-0.25, -0.2) is 8.78 Å². The van der Waals surface area contributed by atoms with E-state index in [0.717, 1.165) is 37.5 Å². The van der Waals surface area contributed by atoms with E-state index in [4.69, 9.17) is 0 Å². The third kappa shape index (κ3) is 3.36. The minimum Gasteiger partial charge on any atom is -0.335 e. The summed E-state index contributed by atoms with van der Waals surface area (Å²) in [6, 6.07) is 2.76. The van der Waals surface area contributed by atoms with Crippen molar-refractivity contribution in [3.8, 4) is 0 Å². The van der Waals surface area contributed by atoms with Crippen LogP contribution in [0.1, 0.15) is 36.0 Å². The number of likely N-dealkylation sites (tertiary alicyclic amines) is 1. The molecule has 1 amide bonds. The van der Waals surface area contributed by atoms with Gasteiger partial charge in [0.2, 0.25) is 5.91 Å². The molecule has 1 aliphatic rings. The number of amides is 1. The standard InChI is InChI=1S/C14H15F2NO2/c15-10-5-6-12(16)11(8-10)13(18)9-17-7-3-1-2-4-14(17)19/h5-6,8H,1-4,7,9H2. The normalized spacial score (nSPS) is 16.3. The molecule has 0 aliphatic carbocycles. The van der Waals surface area contributed by atoms with Crippen molar-refractivity contribution >= 4 is 11.7 Å². The molecule has 0 saturated carbocycles. The minimum atomic E-state index is -0.756. The number of hydrogen-bond donors (Lipinski definition) is 0. The Morgan fingerprint density at radius 2 is 2.00 bits per heavy atom. The molecule has 1 saturated heterocycles. The summed E-state index contributed by atoms with van der Waals surface area (Å²) in [5, 5.41) is 0. The average Bonchev–Trinajstić information content (AvgIpc) is 2.58. The summed E-state index contributed by atoms with van der Waals surface area (Å²) >= 11 is 0. The Balaban J connectivity index is 2.11. The quantitative estimate of drug-likeness (QED) is 0.789. The topological polar surface area (TPSA) is 37.4 Å². The summed E-state index contributed by atoms with van der Waals surface area (Å²) in [5.74, 6) is -2.07. The second-order valence-corrected chi connectivity index (χ2v) is 4.67. The van der Waals surface area contributed by atoms with E-state index in [9.17, 15) is 18.4 Å². The fourth-order valence-electron chi connectivity index (χ4n) is 2.18. The maximum atomic E-state index is 13.5. The number of nitrogens with zero attached hydrogens (tertiary/aromatic N) is 1. The van der Waals surface area contributed by atoms with Gasteiger partial charge in [0.1, 0.15) is 11.6 Å². The Hall–Kier alpha value is -1.78. The van der Waals surface area contributed by atoms with Crippen LogP contribution >= 0.6 is 0 Å². The molecule has 1 fully saturated rings. The van der Waals surface area contributed by atoms with Crippen LogP contribution in [0.5, 0.6) is 0 Å². The minimum absolute atomic E-state index is 0.0948. The molecule has 2 rings (SSSR count). The van der Waals surface area contributed by atoms with Gasteiger partial charge in [-0.2, -0.15) is 0 Å². The summed E-state index contributed by atoms with van der Waals surface area (Å²) in [6.07, 6.45) is 3.02. The Morgan fingerprint density at radius 3 is 2.79 bits per heavy atom. The van der Waals surface area contributed by atoms with E-state index in [0.29, 0.717) is 13.0 Å². The van der Waals surface area contributed by atoms with E-state index < -0.39 is 17.4 Å². The zero-order valence-corrected chi connectivity index (χ0v) is 10.5. The highest BCUT2D eigenvalue weighted by Crippen LogP contribution is 2.14. The molecule has 0 bridgehead atoms. The van der Waals surface area contributed by atoms with Crippen molar-refractivity contribution in [2.24, 2.45) is 0 Å². The summed E-state index contributed by atoms with van der Waals surface area (Å²) in [7, 11) is 0. The Morgan fingerprint density at radius 1 is 1.21 bits per heavy atom. The highest BCUT2D eigenvalue weighted by Gasteiger charge is 2.21. The molecule has 0 radical (unpaired) electrons. The smallest absolute Gasteiger partial charge is 0.222 e. The van der Waals surface area contributed by atoms with Gasteiger partial charge in [0, 0.05) is 13.0 Å². The molecular formula is C14H15F2NO2. The molecule has 5 heteroatoms. The van der Waals surface area contributed by atoms with E-state index in [1.807, 2.05) is 0 Å². The van der Waals surface area contributed by atoms with Gasteiger partial charge in [0.25, 0.3) is 0 Å². The largest absolute Gasteiger partial charge is 0.335 e. The molecule has 1 aliphatic heterocycles. The van der Waals surface area contributed by atoms with Gasteiger partial charge in [-0.05, 0) is 31.0 Å². The van der Waals surface area contributed by atoms with Crippen molar-refractivity contribution in [1.29, 1.82) is 0 Å². The molecule has 102 valence electrons. The summed E-state index contributed by atoms with van der Waals surface area (Å²) in [5.41, 5.74) is -0.294. The Kier molecular flexibility index (Phi) is 4.24. The molecule has 0 N–H and O–H groups in total. The van der Waals surface area contributed by atoms with Gasteiger partial charge in [-0.3, -0.25) is 9.59 Å². The number of hydrogen-bond acceptors (Lipinski definition) is 2. The predicted molar refractivity (Wildman–Crippen MR) is 65.7 cm³/mol. The maximum Gasteiger partial charge on any atom is 0.222 e. The van der Waals surface area contributed by atoms with Crippen LogP contribution in [0.2, 0.25) is 0 Å². The summed E-state index contributed by atoms with van der Waals surface area (Å²) in [4.78, 5) is 25.1. The first-order valence-electron chi connectivity index (χ1n) is 6.34. The van der Waals surface area contributed by atoms with Crippen molar-refractivity contribution in [2.75, 3.05) is 13.1 Å². The molecule has 1 heterocycles. The second-order valence-electron chi connectivity index (χ2n) is 4.67. The van der Waals surface area contributed by atoms with Crippen LogP contribution in [0.15, 0.2) is 18.2 Å². The molecule has 0 atom stereocenters. The average molecular weight is 267 g/mol. The van der Waals surface area contributed by atoms with Gasteiger partial charge >= 0.3 is 0 Å². The number of benzene rings is 1. The summed E-state index contributed by atoms with van der Waals surface area (Å²) < 4.78 is 26.5. The highest BCUT2D eigenvalue weighted by atomic mass is 19.1. The van der Waals surface area contributed by atoms with Crippen LogP contribution in [0, 0.1) is 11.6 Å². The zero-order valence-electron chi connectivity index (χ0n) is 10.5. The lowest BCUT2D eigenvalue weighted by atomic mass is 10.1. The molecule has 1 aromatic rings. The number of Topliss-reactive ketones (excluding diaryl/α,β-unsaturated/α-hetero) is 1. The van der Waals surface area contributed by atoms with Crippen molar-refractivity contribution < 1.29 is 18.4 Å². The molecule has 0 unspecified atom stereocenters. The molecule has 0 spiro atoms. The highest BCUT2D eigenvalue weighted by molar-refractivity contribution is 5.99. The van der Waals surface area contributed by atoms with Gasteiger partial charge < -0.3 is 4.90 Å². The van der Waals surface area contributed by atoms with Crippen molar-refractivity contribution in [1.82, 2.24) is 4.90 Å². The van der Waals surface area contributed by atoms with Crippen LogP contribution in [-0.4, -0.2) is 29.7 Å². The number of ketones is 1. The molecule has 0 aromatic heterocycles. The van der Waals surface area contributed by atoms with Gasteiger partial charge in [-0.15, -0.1) is 0 Å². The van der Waals surface area contributed by atoms with Gasteiger partial charge in [0.05, 0.1) is 12.1 Å². The molecule has 19 heavy (non-hydrogen) atoms. The third-order valence-electron chi connectivity index (χ3n) is 3.23. The predicted octanol–water partition coefficient (Wildman–Crippen LogP) is 2.55. The SMILES string of the molecule is O=C(CN1CCCCCC1=O)c1cc(F)ccc1F. The monoisotopic (exact) mass is 267 g/mol. The first-order chi connectivity index (χ1) is 9.08. The maximum absolute atomic E-state index is 13.5. The van der Waals surface area contributed by atoms with Crippen LogP contribution in [0.4, 0.5) is 8.78 Å². The lowest BCUT2D eigenvalue weighted by molar-refractivity contribution is -0.130. The van der Waals surface area contributed by atoms with Crippen LogP contribution in [-0.2, 0) is 4.79 Å². The molecule has 1 aromatic carbocycles. The van der Waals surface area contributed by atoms with E-state index in [-0.39, 0.29) is 18.0 Å². The Labute approximate surface area is 110 Å². The van der Waals surface area contributed by atoms with E-state index in [1.165, 1.54) is 4.90 Å². The number of halogens is 2. The number of carbonyl (C=O) groups is 2. The number of rotatable bonds is 3. The number of carbonyl (C=O) groups excluding carboxylic acids is 2. The first-order valence-corrected chi connectivity index (χ1v) is 6.34. The van der Waals surface area contributed by atoms with E-state index in [2.05, 4.69) is 0 Å². The second kappa shape index (κ2) is 5.91. The molecular weight excluding hydrogens is 252 g/mol. The van der Waals surface area contributed by atoms with Gasteiger partial charge in [-0.1, -0.05) is 6.42 Å². The lowest BCUT2D eigenvalue weighted by Crippen LogP contribution is -2.35. The summed E-state index contributed by atoms with van der Waals surface area (Å²) in [6.45, 7) is 0.320. The van der Waals surface area contributed by atoms with Crippen LogP contribution in [0.25, 0.3) is 0 Å². The first kappa shape index (κ1) is 13.6. The van der Waals surface area contributed by atoms with Crippen molar-refractivity contribution in [3.63, 3.8) is 0 Å². The zero-order chi connectivity index (χ0) is 13.8.